The summed E-state index contributed by atoms with van der Waals surface area (Å²) < 4.78 is 0. The number of aromatic amines is 1. The summed E-state index contributed by atoms with van der Waals surface area (Å²) in [6, 6.07) is 15.4. The lowest BCUT2D eigenvalue weighted by atomic mass is 9.95. The summed E-state index contributed by atoms with van der Waals surface area (Å²) in [7, 11) is 0. The van der Waals surface area contributed by atoms with Crippen molar-refractivity contribution in [1.29, 1.82) is 0 Å². The molecule has 0 bridgehead atoms. The molecule has 1 amide bonds. The van der Waals surface area contributed by atoms with Gasteiger partial charge in [-0.15, -0.1) is 0 Å². The van der Waals surface area contributed by atoms with Crippen LogP contribution in [0.1, 0.15) is 38.8 Å². The molecule has 1 aliphatic rings. The Bertz CT molecular complexity index is 1280. The van der Waals surface area contributed by atoms with E-state index in [0.29, 0.717) is 29.1 Å². The molecule has 0 aliphatic carbocycles. The highest BCUT2D eigenvalue weighted by Gasteiger charge is 2.42. The number of amides is 1. The molecule has 5 rings (SSSR count). The molecule has 1 aliphatic heterocycles. The first kappa shape index (κ1) is 18.9. The minimum absolute atomic E-state index is 0.0905. The number of rotatable bonds is 4. The number of nitrogens with zero attached hydrogens (tertiary/aromatic N) is 3. The van der Waals surface area contributed by atoms with E-state index in [1.807, 2.05) is 37.3 Å². The van der Waals surface area contributed by atoms with Gasteiger partial charge in [0.2, 0.25) is 0 Å². The first-order valence-corrected chi connectivity index (χ1v) is 9.90. The molecular weight excluding hydrogens is 392 g/mol. The van der Waals surface area contributed by atoms with Gasteiger partial charge in [-0.1, -0.05) is 29.8 Å². The number of carbonyl (C=O) groups excluding carboxylic acids is 1. The topological polar surface area (TPSA) is 102 Å². The number of aryl methyl sites for hydroxylation is 1. The molecule has 0 radical (unpaired) electrons. The summed E-state index contributed by atoms with van der Waals surface area (Å²) in [6.07, 6.45) is 3.41. The number of aromatic hydroxyl groups is 2. The minimum Gasteiger partial charge on any atom is -0.508 e. The number of hydrogen-bond acceptors (Lipinski definition) is 5. The molecule has 0 saturated heterocycles. The number of benzene rings is 2. The molecule has 3 heterocycles. The summed E-state index contributed by atoms with van der Waals surface area (Å²) >= 11 is 0. The van der Waals surface area contributed by atoms with E-state index in [9.17, 15) is 15.0 Å². The van der Waals surface area contributed by atoms with Crippen molar-refractivity contribution in [3.63, 3.8) is 0 Å². The predicted octanol–water partition coefficient (Wildman–Crippen LogP) is 3.94. The monoisotopic (exact) mass is 412 g/mol. The molecule has 7 heteroatoms. The van der Waals surface area contributed by atoms with Crippen LogP contribution in [0.4, 0.5) is 0 Å². The lowest BCUT2D eigenvalue weighted by Gasteiger charge is -2.26. The summed E-state index contributed by atoms with van der Waals surface area (Å²) in [5.74, 6) is 0.00832. The molecular formula is C24H20N4O3. The number of nitrogens with one attached hydrogen (secondary N) is 1. The Morgan fingerprint density at radius 2 is 1.97 bits per heavy atom. The van der Waals surface area contributed by atoms with Gasteiger partial charge in [-0.05, 0) is 48.4 Å². The van der Waals surface area contributed by atoms with Crippen LogP contribution in [0.15, 0.2) is 67.0 Å². The van der Waals surface area contributed by atoms with Crippen LogP contribution in [0.2, 0.25) is 0 Å². The van der Waals surface area contributed by atoms with Gasteiger partial charge in [0, 0.05) is 30.1 Å². The van der Waals surface area contributed by atoms with E-state index in [2.05, 4.69) is 15.2 Å². The smallest absolute Gasteiger partial charge is 0.273 e. The quantitative estimate of drug-likeness (QED) is 0.471. The zero-order chi connectivity index (χ0) is 21.5. The third-order valence-electron chi connectivity index (χ3n) is 5.53. The maximum Gasteiger partial charge on any atom is 0.273 e. The van der Waals surface area contributed by atoms with E-state index in [0.717, 1.165) is 16.7 Å². The molecule has 154 valence electrons. The van der Waals surface area contributed by atoms with E-state index >= 15 is 0 Å². The van der Waals surface area contributed by atoms with Gasteiger partial charge in [0.15, 0.2) is 0 Å². The maximum atomic E-state index is 13.4. The average Bonchev–Trinajstić information content (AvgIpc) is 3.30. The second-order valence-electron chi connectivity index (χ2n) is 7.67. The Morgan fingerprint density at radius 1 is 1.10 bits per heavy atom. The van der Waals surface area contributed by atoms with Gasteiger partial charge in [0.05, 0.1) is 6.04 Å². The summed E-state index contributed by atoms with van der Waals surface area (Å²) in [5.41, 5.74) is 4.75. The largest absolute Gasteiger partial charge is 0.508 e. The summed E-state index contributed by atoms with van der Waals surface area (Å²) in [5, 5.41) is 27.9. The average molecular weight is 412 g/mol. The Labute approximate surface area is 178 Å². The maximum absolute atomic E-state index is 13.4. The fraction of sp³-hybridized carbons (Fsp3) is 0.125. The molecule has 0 fully saturated rings. The summed E-state index contributed by atoms with van der Waals surface area (Å²) in [6.45, 7) is 2.27. The van der Waals surface area contributed by atoms with Crippen molar-refractivity contribution in [2.24, 2.45) is 0 Å². The molecule has 4 aromatic rings. The van der Waals surface area contributed by atoms with Gasteiger partial charge in [0.1, 0.15) is 22.9 Å². The lowest BCUT2D eigenvalue weighted by Crippen LogP contribution is -2.29. The van der Waals surface area contributed by atoms with Gasteiger partial charge in [0.25, 0.3) is 5.91 Å². The minimum atomic E-state index is -0.483. The van der Waals surface area contributed by atoms with Crippen molar-refractivity contribution in [3.05, 3.63) is 94.9 Å². The van der Waals surface area contributed by atoms with Crippen molar-refractivity contribution >= 4 is 5.91 Å². The number of H-pyrrole nitrogens is 1. The van der Waals surface area contributed by atoms with E-state index < -0.39 is 6.04 Å². The molecule has 0 saturated carbocycles. The normalized spacial score (nSPS) is 15.3. The van der Waals surface area contributed by atoms with Crippen LogP contribution < -0.4 is 0 Å². The van der Waals surface area contributed by atoms with Crippen molar-refractivity contribution in [2.75, 3.05) is 0 Å². The predicted molar refractivity (Wildman–Crippen MR) is 114 cm³/mol. The third kappa shape index (κ3) is 3.20. The number of aromatic nitrogens is 3. The van der Waals surface area contributed by atoms with Gasteiger partial charge >= 0.3 is 0 Å². The zero-order valence-electron chi connectivity index (χ0n) is 16.8. The Morgan fingerprint density at radius 3 is 2.74 bits per heavy atom. The van der Waals surface area contributed by atoms with E-state index in [1.54, 1.807) is 41.6 Å². The van der Waals surface area contributed by atoms with Crippen LogP contribution in [-0.2, 0) is 6.54 Å². The molecule has 2 aromatic heterocycles. The van der Waals surface area contributed by atoms with Crippen LogP contribution in [0.5, 0.6) is 11.5 Å². The molecule has 2 aromatic carbocycles. The van der Waals surface area contributed by atoms with E-state index in [1.165, 1.54) is 0 Å². The van der Waals surface area contributed by atoms with E-state index in [-0.39, 0.29) is 17.4 Å². The molecule has 1 atom stereocenters. The van der Waals surface area contributed by atoms with Crippen LogP contribution in [-0.4, -0.2) is 36.2 Å². The molecule has 0 unspecified atom stereocenters. The van der Waals surface area contributed by atoms with Gasteiger partial charge in [-0.2, -0.15) is 5.10 Å². The standard InChI is InChI=1S/C24H20N4O3/c1-14-7-8-19(30)18(10-14)21-20-22(27-26-21)24(31)28(13-15-4-3-9-25-12-15)23(20)16-5-2-6-17(29)11-16/h2-12,23,29-30H,13H2,1H3,(H,26,27)/t23-/m1/s1. The highest BCUT2D eigenvalue weighted by atomic mass is 16.3. The van der Waals surface area contributed by atoms with Crippen LogP contribution in [0, 0.1) is 6.92 Å². The van der Waals surface area contributed by atoms with Crippen LogP contribution >= 0.6 is 0 Å². The zero-order valence-corrected chi connectivity index (χ0v) is 16.8. The molecule has 3 N–H and O–H groups in total. The molecule has 31 heavy (non-hydrogen) atoms. The number of carbonyl (C=O) groups is 1. The lowest BCUT2D eigenvalue weighted by molar-refractivity contribution is 0.0729. The second kappa shape index (κ2) is 7.28. The Balaban J connectivity index is 1.69. The fourth-order valence-corrected chi connectivity index (χ4v) is 4.13. The Kier molecular flexibility index (Phi) is 4.43. The summed E-state index contributed by atoms with van der Waals surface area (Å²) in [4.78, 5) is 19.3. The van der Waals surface area contributed by atoms with Gasteiger partial charge in [-0.25, -0.2) is 0 Å². The number of phenols is 2. The SMILES string of the molecule is Cc1ccc(O)c(-c2n[nH]c3c2[C@@H](c2cccc(O)c2)N(Cc2cccnc2)C3=O)c1. The van der Waals surface area contributed by atoms with Gasteiger partial charge in [-0.3, -0.25) is 14.9 Å². The third-order valence-corrected chi connectivity index (χ3v) is 5.53. The van der Waals surface area contributed by atoms with Crippen molar-refractivity contribution in [1.82, 2.24) is 20.1 Å². The van der Waals surface area contributed by atoms with Gasteiger partial charge < -0.3 is 15.1 Å². The Hall–Kier alpha value is -4.13. The first-order chi connectivity index (χ1) is 15.0. The van der Waals surface area contributed by atoms with Crippen LogP contribution in [0.25, 0.3) is 11.3 Å². The second-order valence-corrected chi connectivity index (χ2v) is 7.67. The highest BCUT2D eigenvalue weighted by Crippen LogP contribution is 2.45. The number of fused-ring (bicyclic) bond motifs is 1. The number of pyridine rings is 1. The first-order valence-electron chi connectivity index (χ1n) is 9.90. The fourth-order valence-electron chi connectivity index (χ4n) is 4.13. The van der Waals surface area contributed by atoms with Crippen molar-refractivity contribution in [2.45, 2.75) is 19.5 Å². The van der Waals surface area contributed by atoms with Crippen molar-refractivity contribution < 1.29 is 15.0 Å². The number of phenolic OH excluding ortho intramolecular Hbond substituents is 2. The van der Waals surface area contributed by atoms with Crippen LogP contribution in [0.3, 0.4) is 0 Å². The number of hydrogen-bond donors (Lipinski definition) is 3. The van der Waals surface area contributed by atoms with Crippen molar-refractivity contribution in [3.8, 4) is 22.8 Å². The highest BCUT2D eigenvalue weighted by molar-refractivity contribution is 6.00. The molecule has 0 spiro atoms. The van der Waals surface area contributed by atoms with E-state index in [4.69, 9.17) is 0 Å². The molecule has 7 nitrogen and oxygen atoms in total.